The van der Waals surface area contributed by atoms with Crippen molar-refractivity contribution in [1.82, 2.24) is 23.9 Å². The second-order valence-corrected chi connectivity index (χ2v) is 13.7. The van der Waals surface area contributed by atoms with E-state index in [1.54, 1.807) is 26.2 Å². The van der Waals surface area contributed by atoms with E-state index in [4.69, 9.17) is 21.3 Å². The molecule has 1 unspecified atom stereocenters. The van der Waals surface area contributed by atoms with E-state index in [1.807, 2.05) is 36.1 Å². The molecule has 2 aromatic heterocycles. The van der Waals surface area contributed by atoms with Gasteiger partial charge in [-0.25, -0.2) is 9.78 Å². The molecule has 248 valence electrons. The van der Waals surface area contributed by atoms with E-state index in [0.717, 1.165) is 71.5 Å². The van der Waals surface area contributed by atoms with Crippen LogP contribution in [0.4, 0.5) is 5.69 Å². The zero-order valence-electron chi connectivity index (χ0n) is 27.6. The van der Waals surface area contributed by atoms with Crippen LogP contribution in [0.25, 0.3) is 22.4 Å². The van der Waals surface area contributed by atoms with Crippen molar-refractivity contribution in [2.24, 2.45) is 19.5 Å². The van der Waals surface area contributed by atoms with Gasteiger partial charge in [-0.2, -0.15) is 0 Å². The fraction of sp³-hybridized carbons (Fsp3) is 0.361. The normalized spacial score (nSPS) is 17.9. The summed E-state index contributed by atoms with van der Waals surface area (Å²) in [5.74, 6) is 0.126. The van der Waals surface area contributed by atoms with Gasteiger partial charge in [0.25, 0.3) is 11.5 Å². The number of carbonyl (C=O) groups is 2. The molecule has 7 rings (SSSR count). The van der Waals surface area contributed by atoms with E-state index < -0.39 is 17.2 Å². The number of fused-ring (bicyclic) bond motifs is 1. The van der Waals surface area contributed by atoms with E-state index >= 15 is 0 Å². The Morgan fingerprint density at radius 1 is 1.02 bits per heavy atom. The maximum atomic E-state index is 13.1. The molecular weight excluding hydrogens is 632 g/mol. The van der Waals surface area contributed by atoms with Crippen LogP contribution in [0.5, 0.6) is 5.88 Å². The van der Waals surface area contributed by atoms with Crippen LogP contribution in [0.15, 0.2) is 58.3 Å². The Morgan fingerprint density at radius 2 is 1.71 bits per heavy atom. The van der Waals surface area contributed by atoms with Crippen LogP contribution in [0.2, 0.25) is 5.02 Å². The molecule has 1 atom stereocenters. The highest BCUT2D eigenvalue weighted by atomic mass is 35.5. The van der Waals surface area contributed by atoms with Crippen molar-refractivity contribution in [2.45, 2.75) is 32.7 Å². The summed E-state index contributed by atoms with van der Waals surface area (Å²) in [4.78, 5) is 59.1. The number of benzene rings is 2. The van der Waals surface area contributed by atoms with E-state index in [2.05, 4.69) is 16.3 Å². The van der Waals surface area contributed by atoms with E-state index in [0.29, 0.717) is 22.2 Å². The van der Waals surface area contributed by atoms with Crippen molar-refractivity contribution in [1.29, 1.82) is 0 Å². The van der Waals surface area contributed by atoms with Crippen LogP contribution in [-0.4, -0.2) is 69.0 Å². The lowest BCUT2D eigenvalue weighted by atomic mass is 9.72. The van der Waals surface area contributed by atoms with Crippen molar-refractivity contribution in [3.63, 3.8) is 0 Å². The molecule has 2 saturated heterocycles. The number of anilines is 1. The Balaban J connectivity index is 1.16. The van der Waals surface area contributed by atoms with Crippen molar-refractivity contribution in [3.05, 3.63) is 96.8 Å². The van der Waals surface area contributed by atoms with Gasteiger partial charge in [0.2, 0.25) is 11.8 Å². The molecular formula is C36H37ClN6O5. The number of methoxy groups -OCH3 is 1. The zero-order valence-corrected chi connectivity index (χ0v) is 28.3. The van der Waals surface area contributed by atoms with Crippen LogP contribution in [0.1, 0.15) is 46.4 Å². The molecule has 1 N–H and O–H groups in total. The molecule has 2 aliphatic heterocycles. The van der Waals surface area contributed by atoms with Crippen LogP contribution < -0.4 is 21.3 Å². The monoisotopic (exact) mass is 668 g/mol. The van der Waals surface area contributed by atoms with Crippen molar-refractivity contribution in [3.8, 4) is 28.3 Å². The molecule has 4 heterocycles. The molecule has 11 nitrogen and oxygen atoms in total. The first kappa shape index (κ1) is 31.8. The minimum Gasteiger partial charge on any atom is -0.481 e. The maximum Gasteiger partial charge on any atom is 0.330 e. The molecule has 0 saturated carbocycles. The lowest BCUT2D eigenvalue weighted by molar-refractivity contribution is -0.161. The summed E-state index contributed by atoms with van der Waals surface area (Å²) in [6.45, 7) is 7.31. The maximum absolute atomic E-state index is 13.1. The van der Waals surface area contributed by atoms with Crippen LogP contribution in [0.3, 0.4) is 0 Å². The first-order valence-corrected chi connectivity index (χ1v) is 16.3. The SMILES string of the molecule is COc1nc(-c2cccc(-c3cccc(NC(=O)c4cn(C)c(=O)n(C)c4=O)c3Cl)c2C)cc2c1C(N1CC3(CN(C(C)=O)C3)C1)CC2. The zero-order chi connectivity index (χ0) is 34.1. The van der Waals surface area contributed by atoms with Crippen molar-refractivity contribution < 1.29 is 14.3 Å². The summed E-state index contributed by atoms with van der Waals surface area (Å²) in [6, 6.07) is 13.7. The fourth-order valence-electron chi connectivity index (χ4n) is 7.66. The number of rotatable bonds is 6. The number of carbonyl (C=O) groups excluding carboxylic acids is 2. The number of pyridine rings is 1. The minimum absolute atomic E-state index is 0.149. The number of nitrogens with zero attached hydrogens (tertiary/aromatic N) is 5. The molecule has 48 heavy (non-hydrogen) atoms. The molecule has 1 aliphatic carbocycles. The second-order valence-electron chi connectivity index (χ2n) is 13.3. The van der Waals surface area contributed by atoms with E-state index in [-0.39, 0.29) is 22.9 Å². The molecule has 0 radical (unpaired) electrons. The smallest absolute Gasteiger partial charge is 0.330 e. The molecule has 0 bridgehead atoms. The number of hydrogen-bond donors (Lipinski definition) is 1. The Morgan fingerprint density at radius 3 is 2.42 bits per heavy atom. The quantitative estimate of drug-likeness (QED) is 0.327. The number of hydrogen-bond acceptors (Lipinski definition) is 7. The summed E-state index contributed by atoms with van der Waals surface area (Å²) in [5.41, 5.74) is 5.87. The van der Waals surface area contributed by atoms with E-state index in [1.165, 1.54) is 30.4 Å². The van der Waals surface area contributed by atoms with Crippen molar-refractivity contribution in [2.75, 3.05) is 38.6 Å². The van der Waals surface area contributed by atoms with Gasteiger partial charge in [0.1, 0.15) is 5.56 Å². The molecule has 3 aliphatic rings. The summed E-state index contributed by atoms with van der Waals surface area (Å²) in [7, 11) is 4.48. The van der Waals surface area contributed by atoms with E-state index in [9.17, 15) is 19.2 Å². The Hall–Kier alpha value is -4.74. The van der Waals surface area contributed by atoms with Gasteiger partial charge in [-0.1, -0.05) is 41.9 Å². The highest BCUT2D eigenvalue weighted by Gasteiger charge is 2.55. The lowest BCUT2D eigenvalue weighted by Gasteiger charge is -2.61. The molecule has 2 fully saturated rings. The van der Waals surface area contributed by atoms with Gasteiger partial charge in [0, 0.05) is 81.5 Å². The third kappa shape index (κ3) is 5.12. The third-order valence-electron chi connectivity index (χ3n) is 10.2. The number of likely N-dealkylation sites (tertiary alicyclic amines) is 2. The average Bonchev–Trinajstić information content (AvgIpc) is 3.45. The number of aryl methyl sites for hydroxylation is 2. The third-order valence-corrected chi connectivity index (χ3v) is 10.6. The van der Waals surface area contributed by atoms with Gasteiger partial charge in [0.15, 0.2) is 0 Å². The van der Waals surface area contributed by atoms with Crippen molar-refractivity contribution >= 4 is 29.1 Å². The Labute approximate surface area is 282 Å². The molecule has 2 amide bonds. The molecule has 2 aromatic carbocycles. The predicted molar refractivity (Wildman–Crippen MR) is 184 cm³/mol. The lowest BCUT2D eigenvalue weighted by Crippen LogP contribution is -2.72. The number of ether oxygens (including phenoxy) is 1. The Kier molecular flexibility index (Phi) is 7.79. The fourth-order valence-corrected chi connectivity index (χ4v) is 7.93. The standard InChI is InChI=1S/C36H37ClN6O5/c1-20-23(25-10-7-11-27(31(25)37)38-32(45)26-15-40(3)35(47)41(4)34(26)46)8-6-9-24(20)28-14-22-12-13-29(30(22)33(39-28)48-5)43-18-36(19-43)16-42(17-36)21(2)44/h6-11,14-15,29H,12-13,16-19H2,1-5H3,(H,38,45). The number of amides is 2. The second kappa shape index (κ2) is 11.7. The highest BCUT2D eigenvalue weighted by Crippen LogP contribution is 2.50. The molecule has 12 heteroatoms. The van der Waals surface area contributed by atoms with Gasteiger partial charge in [0.05, 0.1) is 23.5 Å². The van der Waals surface area contributed by atoms with Gasteiger partial charge in [-0.05, 0) is 48.6 Å². The number of nitrogens with one attached hydrogen (secondary N) is 1. The van der Waals surface area contributed by atoms with Gasteiger partial charge < -0.3 is 19.5 Å². The molecule has 4 aromatic rings. The van der Waals surface area contributed by atoms with Crippen LogP contribution in [-0.2, 0) is 25.3 Å². The summed E-state index contributed by atoms with van der Waals surface area (Å²) < 4.78 is 7.98. The number of halogens is 1. The Bertz CT molecular complexity index is 2120. The molecule has 1 spiro atoms. The first-order valence-electron chi connectivity index (χ1n) is 16.0. The van der Waals surface area contributed by atoms with Crippen LogP contribution in [0, 0.1) is 12.3 Å². The largest absolute Gasteiger partial charge is 0.481 e. The average molecular weight is 669 g/mol. The summed E-state index contributed by atoms with van der Waals surface area (Å²) >= 11 is 6.91. The summed E-state index contributed by atoms with van der Waals surface area (Å²) in [6.07, 6.45) is 3.16. The highest BCUT2D eigenvalue weighted by molar-refractivity contribution is 6.36. The van der Waals surface area contributed by atoms with Crippen LogP contribution >= 0.6 is 11.6 Å². The summed E-state index contributed by atoms with van der Waals surface area (Å²) in [5, 5.41) is 3.07. The van der Waals surface area contributed by atoms with Gasteiger partial charge in [-0.3, -0.25) is 23.9 Å². The first-order chi connectivity index (χ1) is 22.9. The predicted octanol–water partition coefficient (Wildman–Crippen LogP) is 4.19. The topological polar surface area (TPSA) is 119 Å². The van der Waals surface area contributed by atoms with Gasteiger partial charge in [-0.15, -0.1) is 0 Å². The number of aromatic nitrogens is 3. The van der Waals surface area contributed by atoms with Gasteiger partial charge >= 0.3 is 5.69 Å². The minimum atomic E-state index is -0.692.